The Morgan fingerprint density at radius 3 is 1.62 bits per heavy atom. The van der Waals surface area contributed by atoms with Crippen LogP contribution < -0.4 is 0 Å². The molecular formula is C20H38O4. The van der Waals surface area contributed by atoms with Crippen molar-refractivity contribution in [3.63, 3.8) is 0 Å². The fourth-order valence-electron chi connectivity index (χ4n) is 2.73. The summed E-state index contributed by atoms with van der Waals surface area (Å²) < 4.78 is 5.19. The second-order valence-corrected chi connectivity index (χ2v) is 7.75. The average Bonchev–Trinajstić information content (AvgIpc) is 2.46. The van der Waals surface area contributed by atoms with E-state index in [1.165, 1.54) is 51.4 Å². The van der Waals surface area contributed by atoms with Gasteiger partial charge in [0.1, 0.15) is 5.60 Å². The second kappa shape index (κ2) is 13.3. The molecule has 4 nitrogen and oxygen atoms in total. The highest BCUT2D eigenvalue weighted by Gasteiger charge is 2.30. The van der Waals surface area contributed by atoms with E-state index in [0.717, 1.165) is 19.3 Å². The van der Waals surface area contributed by atoms with Crippen LogP contribution in [-0.2, 0) is 14.3 Å². The molecule has 0 spiro atoms. The Bertz CT molecular complexity index is 344. The van der Waals surface area contributed by atoms with E-state index in [4.69, 9.17) is 4.74 Å². The van der Waals surface area contributed by atoms with Gasteiger partial charge in [-0.1, -0.05) is 77.6 Å². The van der Waals surface area contributed by atoms with Gasteiger partial charge in [0.05, 0.1) is 0 Å². The summed E-state index contributed by atoms with van der Waals surface area (Å²) in [6, 6.07) is 0. The monoisotopic (exact) mass is 342 g/mol. The van der Waals surface area contributed by atoms with Crippen LogP contribution in [0.4, 0.5) is 0 Å². The molecule has 0 amide bonds. The van der Waals surface area contributed by atoms with Gasteiger partial charge < -0.3 is 9.84 Å². The SMILES string of the molecule is CCCCCCCCCCCCCC(C(=O)O)C(=O)OC(C)(C)C. The molecule has 0 aliphatic carbocycles. The fraction of sp³-hybridized carbons (Fsp3) is 0.900. The van der Waals surface area contributed by atoms with Crippen molar-refractivity contribution in [3.8, 4) is 0 Å². The lowest BCUT2D eigenvalue weighted by Crippen LogP contribution is -2.32. The van der Waals surface area contributed by atoms with Gasteiger partial charge in [-0.3, -0.25) is 9.59 Å². The number of hydrogen-bond donors (Lipinski definition) is 1. The molecule has 0 aromatic rings. The van der Waals surface area contributed by atoms with E-state index in [2.05, 4.69) is 6.92 Å². The first-order valence-corrected chi connectivity index (χ1v) is 9.73. The van der Waals surface area contributed by atoms with Crippen molar-refractivity contribution in [2.75, 3.05) is 0 Å². The van der Waals surface area contributed by atoms with Crippen LogP contribution in [0.3, 0.4) is 0 Å². The Hall–Kier alpha value is -1.06. The molecule has 142 valence electrons. The Balaban J connectivity index is 3.72. The van der Waals surface area contributed by atoms with Crippen molar-refractivity contribution in [3.05, 3.63) is 0 Å². The van der Waals surface area contributed by atoms with Crippen molar-refractivity contribution in [1.29, 1.82) is 0 Å². The molecule has 0 rings (SSSR count). The summed E-state index contributed by atoms with van der Waals surface area (Å²) in [4.78, 5) is 23.1. The largest absolute Gasteiger partial charge is 0.481 e. The molecule has 0 saturated carbocycles. The van der Waals surface area contributed by atoms with E-state index in [1.807, 2.05) is 0 Å². The summed E-state index contributed by atoms with van der Waals surface area (Å²) >= 11 is 0. The topological polar surface area (TPSA) is 63.6 Å². The number of ether oxygens (including phenoxy) is 1. The molecule has 4 heteroatoms. The van der Waals surface area contributed by atoms with E-state index in [9.17, 15) is 14.7 Å². The van der Waals surface area contributed by atoms with Gasteiger partial charge >= 0.3 is 11.9 Å². The van der Waals surface area contributed by atoms with Crippen molar-refractivity contribution in [2.45, 2.75) is 110 Å². The van der Waals surface area contributed by atoms with Crippen LogP contribution >= 0.6 is 0 Å². The van der Waals surface area contributed by atoms with Gasteiger partial charge in [-0.2, -0.15) is 0 Å². The molecule has 0 fully saturated rings. The third-order valence-electron chi connectivity index (χ3n) is 4.09. The van der Waals surface area contributed by atoms with Gasteiger partial charge in [-0.25, -0.2) is 0 Å². The van der Waals surface area contributed by atoms with Gasteiger partial charge in [0, 0.05) is 0 Å². The first-order valence-electron chi connectivity index (χ1n) is 9.73. The van der Waals surface area contributed by atoms with Crippen LogP contribution in [0.2, 0.25) is 0 Å². The van der Waals surface area contributed by atoms with Gasteiger partial charge in [0.2, 0.25) is 0 Å². The first-order chi connectivity index (χ1) is 11.3. The first kappa shape index (κ1) is 22.9. The molecule has 1 N–H and O–H groups in total. The standard InChI is InChI=1S/C20H38O4/c1-5-6-7-8-9-10-11-12-13-14-15-16-17(18(21)22)19(23)24-20(2,3)4/h17H,5-16H2,1-4H3,(H,21,22). The number of carbonyl (C=O) groups excluding carboxylic acids is 1. The highest BCUT2D eigenvalue weighted by atomic mass is 16.6. The van der Waals surface area contributed by atoms with Crippen LogP contribution in [0.15, 0.2) is 0 Å². The lowest BCUT2D eigenvalue weighted by atomic mass is 9.99. The van der Waals surface area contributed by atoms with E-state index < -0.39 is 23.5 Å². The quantitative estimate of drug-likeness (QED) is 0.249. The van der Waals surface area contributed by atoms with Gasteiger partial charge in [0.15, 0.2) is 5.92 Å². The van der Waals surface area contributed by atoms with E-state index in [0.29, 0.717) is 6.42 Å². The smallest absolute Gasteiger partial charge is 0.320 e. The van der Waals surface area contributed by atoms with Gasteiger partial charge in [-0.05, 0) is 27.2 Å². The number of esters is 1. The molecule has 1 atom stereocenters. The number of aliphatic carboxylic acids is 1. The molecule has 0 heterocycles. The molecule has 0 aliphatic rings. The number of carbonyl (C=O) groups is 2. The zero-order valence-corrected chi connectivity index (χ0v) is 16.2. The highest BCUT2D eigenvalue weighted by molar-refractivity contribution is 5.94. The number of rotatable bonds is 14. The molecule has 0 aromatic heterocycles. The molecule has 0 aromatic carbocycles. The van der Waals surface area contributed by atoms with Crippen LogP contribution in [-0.4, -0.2) is 22.6 Å². The van der Waals surface area contributed by atoms with E-state index in [-0.39, 0.29) is 0 Å². The summed E-state index contributed by atoms with van der Waals surface area (Å²) in [6.45, 7) is 7.50. The fourth-order valence-corrected chi connectivity index (χ4v) is 2.73. The minimum atomic E-state index is -1.07. The van der Waals surface area contributed by atoms with Gasteiger partial charge in [-0.15, -0.1) is 0 Å². The molecule has 0 bridgehead atoms. The maximum atomic E-state index is 11.9. The molecule has 24 heavy (non-hydrogen) atoms. The molecule has 0 aliphatic heterocycles. The molecule has 0 radical (unpaired) electrons. The molecule has 0 saturated heterocycles. The van der Waals surface area contributed by atoms with Crippen molar-refractivity contribution in [2.24, 2.45) is 5.92 Å². The normalized spacial score (nSPS) is 12.8. The maximum absolute atomic E-state index is 11.9. The summed E-state index contributed by atoms with van der Waals surface area (Å²) in [5, 5.41) is 9.20. The van der Waals surface area contributed by atoms with Crippen molar-refractivity contribution in [1.82, 2.24) is 0 Å². The summed E-state index contributed by atoms with van der Waals surface area (Å²) in [5.74, 6) is -2.71. The van der Waals surface area contributed by atoms with Crippen LogP contribution in [0, 0.1) is 5.92 Å². The number of unbranched alkanes of at least 4 members (excludes halogenated alkanes) is 10. The third-order valence-corrected chi connectivity index (χ3v) is 4.09. The van der Waals surface area contributed by atoms with Crippen LogP contribution in [0.1, 0.15) is 105 Å². The van der Waals surface area contributed by atoms with E-state index in [1.54, 1.807) is 20.8 Å². The lowest BCUT2D eigenvalue weighted by molar-refractivity contribution is -0.167. The number of carboxylic acid groups (broad SMARTS) is 1. The van der Waals surface area contributed by atoms with Crippen LogP contribution in [0.5, 0.6) is 0 Å². The minimum Gasteiger partial charge on any atom is -0.481 e. The number of hydrogen-bond acceptors (Lipinski definition) is 3. The maximum Gasteiger partial charge on any atom is 0.320 e. The zero-order valence-electron chi connectivity index (χ0n) is 16.2. The van der Waals surface area contributed by atoms with Gasteiger partial charge in [0.25, 0.3) is 0 Å². The third kappa shape index (κ3) is 13.4. The van der Waals surface area contributed by atoms with Crippen LogP contribution in [0.25, 0.3) is 0 Å². The minimum absolute atomic E-state index is 0.376. The molecule has 1 unspecified atom stereocenters. The van der Waals surface area contributed by atoms with Crippen molar-refractivity contribution < 1.29 is 19.4 Å². The Kier molecular flexibility index (Phi) is 12.7. The molecular weight excluding hydrogens is 304 g/mol. The average molecular weight is 343 g/mol. The Labute approximate surface area is 148 Å². The summed E-state index contributed by atoms with van der Waals surface area (Å²) in [7, 11) is 0. The Morgan fingerprint density at radius 1 is 0.833 bits per heavy atom. The van der Waals surface area contributed by atoms with E-state index >= 15 is 0 Å². The summed E-state index contributed by atoms with van der Waals surface area (Å²) in [6.07, 6.45) is 13.7. The van der Waals surface area contributed by atoms with Crippen molar-refractivity contribution >= 4 is 11.9 Å². The predicted octanol–water partition coefficient (Wildman–Crippen LogP) is 5.73. The second-order valence-electron chi connectivity index (χ2n) is 7.75. The Morgan fingerprint density at radius 2 is 1.25 bits per heavy atom. The summed E-state index contributed by atoms with van der Waals surface area (Å²) in [5.41, 5.74) is -0.637. The number of carboxylic acids is 1. The lowest BCUT2D eigenvalue weighted by Gasteiger charge is -2.22. The predicted molar refractivity (Wildman–Crippen MR) is 98.0 cm³/mol. The highest BCUT2D eigenvalue weighted by Crippen LogP contribution is 2.18. The zero-order chi connectivity index (χ0) is 18.4.